The summed E-state index contributed by atoms with van der Waals surface area (Å²) in [6, 6.07) is 0. The lowest BCUT2D eigenvalue weighted by atomic mass is 9.88. The van der Waals surface area contributed by atoms with Gasteiger partial charge in [0.25, 0.3) is 0 Å². The predicted molar refractivity (Wildman–Crippen MR) is 132 cm³/mol. The molecular formula is C26H47NO2S. The molecule has 0 spiro atoms. The molecule has 2 aliphatic rings. The Morgan fingerprint density at radius 3 is 2.63 bits per heavy atom. The summed E-state index contributed by atoms with van der Waals surface area (Å²) in [4.78, 5) is 2.44. The monoisotopic (exact) mass is 437 g/mol. The maximum atomic E-state index is 10.6. The summed E-state index contributed by atoms with van der Waals surface area (Å²) in [5.74, 6) is 3.70. The highest BCUT2D eigenvalue weighted by Gasteiger charge is 2.43. The van der Waals surface area contributed by atoms with E-state index in [-0.39, 0.29) is 17.6 Å². The quantitative estimate of drug-likeness (QED) is 0.305. The molecule has 0 unspecified atom stereocenters. The molecule has 0 heterocycles. The summed E-state index contributed by atoms with van der Waals surface area (Å²) in [6.07, 6.45) is 13.6. The number of thioether (sulfide) groups is 1. The minimum atomic E-state index is -0.619. The largest absolute Gasteiger partial charge is 0.392 e. The van der Waals surface area contributed by atoms with Crippen LogP contribution in [0.3, 0.4) is 0 Å². The Hall–Kier alpha value is -0.290. The predicted octanol–water partition coefficient (Wildman–Crippen LogP) is 5.67. The summed E-state index contributed by atoms with van der Waals surface area (Å²) in [5.41, 5.74) is 1.22. The number of hydrogen-bond donors (Lipinski definition) is 2. The normalized spacial score (nSPS) is 28.9. The zero-order valence-electron chi connectivity index (χ0n) is 20.4. The van der Waals surface area contributed by atoms with E-state index in [4.69, 9.17) is 0 Å². The molecule has 2 N–H and O–H groups in total. The Labute approximate surface area is 190 Å². The third-order valence-corrected chi connectivity index (χ3v) is 8.30. The molecule has 4 heteroatoms. The number of fused-ring (bicyclic) bond motifs is 1. The van der Waals surface area contributed by atoms with Crippen LogP contribution in [0, 0.1) is 17.8 Å². The average Bonchev–Trinajstić information content (AvgIpc) is 3.16. The van der Waals surface area contributed by atoms with Gasteiger partial charge in [0.05, 0.1) is 11.7 Å². The van der Waals surface area contributed by atoms with Crippen LogP contribution in [-0.4, -0.2) is 57.5 Å². The lowest BCUT2D eigenvalue weighted by Gasteiger charge is -2.31. The maximum Gasteiger partial charge on any atom is 0.0654 e. The summed E-state index contributed by atoms with van der Waals surface area (Å²) in [5, 5.41) is 21.1. The van der Waals surface area contributed by atoms with Crippen molar-refractivity contribution in [3.63, 3.8) is 0 Å². The van der Waals surface area contributed by atoms with E-state index < -0.39 is 5.60 Å². The lowest BCUT2D eigenvalue weighted by Crippen LogP contribution is -2.38. The van der Waals surface area contributed by atoms with E-state index >= 15 is 0 Å². The molecule has 3 nitrogen and oxygen atoms in total. The molecule has 2 rings (SSSR count). The Balaban J connectivity index is 1.73. The summed E-state index contributed by atoms with van der Waals surface area (Å²) in [7, 11) is 2.22. The standard InChI is InChI=1S/C26H47NO2S/c1-7-8-12-26(5,29)13-9-11-22-23-17-20(16-21(23)18-24(22)28)19-30-15-10-14-27(6)25(2,3)4/h9,11,16,21-24,28-29H,7-8,10,12-15,17-19H2,1-6H3/b11-9+/t21-,22+,23-,24+,26-/m0/s1. The molecule has 2 aliphatic carbocycles. The third kappa shape index (κ3) is 8.00. The zero-order valence-corrected chi connectivity index (χ0v) is 21.2. The number of nitrogens with zero attached hydrogens (tertiary/aromatic N) is 1. The zero-order chi connectivity index (χ0) is 22.4. The van der Waals surface area contributed by atoms with Gasteiger partial charge in [0.2, 0.25) is 0 Å². The van der Waals surface area contributed by atoms with Crippen molar-refractivity contribution >= 4 is 11.8 Å². The fourth-order valence-electron chi connectivity index (χ4n) is 4.79. The molecule has 1 fully saturated rings. The van der Waals surface area contributed by atoms with E-state index in [9.17, 15) is 10.2 Å². The van der Waals surface area contributed by atoms with Gasteiger partial charge in [-0.3, -0.25) is 0 Å². The van der Waals surface area contributed by atoms with Crippen LogP contribution < -0.4 is 0 Å². The van der Waals surface area contributed by atoms with Crippen molar-refractivity contribution in [2.75, 3.05) is 25.1 Å². The highest BCUT2D eigenvalue weighted by atomic mass is 32.2. The Kier molecular flexibility index (Phi) is 9.99. The summed E-state index contributed by atoms with van der Waals surface area (Å²) < 4.78 is 0. The molecule has 0 aromatic carbocycles. The van der Waals surface area contributed by atoms with Crippen LogP contribution in [0.2, 0.25) is 0 Å². The molecule has 30 heavy (non-hydrogen) atoms. The van der Waals surface area contributed by atoms with Gasteiger partial charge >= 0.3 is 0 Å². The molecule has 0 aliphatic heterocycles. The lowest BCUT2D eigenvalue weighted by molar-refractivity contribution is 0.0513. The van der Waals surface area contributed by atoms with Gasteiger partial charge in [-0.25, -0.2) is 0 Å². The Morgan fingerprint density at radius 1 is 1.23 bits per heavy atom. The van der Waals surface area contributed by atoms with Crippen molar-refractivity contribution in [1.29, 1.82) is 0 Å². The van der Waals surface area contributed by atoms with Crippen molar-refractivity contribution < 1.29 is 10.2 Å². The van der Waals surface area contributed by atoms with Gasteiger partial charge < -0.3 is 15.1 Å². The highest BCUT2D eigenvalue weighted by Crippen LogP contribution is 2.47. The van der Waals surface area contributed by atoms with E-state index in [0.29, 0.717) is 18.3 Å². The topological polar surface area (TPSA) is 43.7 Å². The van der Waals surface area contributed by atoms with Crippen LogP contribution in [0.15, 0.2) is 23.8 Å². The van der Waals surface area contributed by atoms with Gasteiger partial charge in [-0.15, -0.1) is 0 Å². The van der Waals surface area contributed by atoms with Crippen LogP contribution in [0.1, 0.15) is 79.6 Å². The van der Waals surface area contributed by atoms with Crippen molar-refractivity contribution in [1.82, 2.24) is 4.90 Å². The SMILES string of the molecule is CCCC[C@](C)(O)C/C=C/[C@@H]1[C@H]2CC(CSCCCN(C)C(C)(C)C)=C[C@H]2C[C@H]1O. The fraction of sp³-hybridized carbons (Fsp3) is 0.846. The van der Waals surface area contributed by atoms with Crippen LogP contribution in [-0.2, 0) is 0 Å². The third-order valence-electron chi connectivity index (χ3n) is 7.15. The molecular weight excluding hydrogens is 390 g/mol. The second kappa shape index (κ2) is 11.5. The number of aliphatic hydroxyl groups is 2. The number of hydrogen-bond acceptors (Lipinski definition) is 4. The van der Waals surface area contributed by atoms with Crippen molar-refractivity contribution in [2.24, 2.45) is 17.8 Å². The first-order valence-corrected chi connectivity index (χ1v) is 13.2. The van der Waals surface area contributed by atoms with Gasteiger partial charge in [0.15, 0.2) is 0 Å². The highest BCUT2D eigenvalue weighted by molar-refractivity contribution is 7.99. The number of aliphatic hydroxyl groups excluding tert-OH is 1. The first kappa shape index (κ1) is 26.0. The first-order valence-electron chi connectivity index (χ1n) is 12.1. The minimum Gasteiger partial charge on any atom is -0.392 e. The van der Waals surface area contributed by atoms with Gasteiger partial charge in [0.1, 0.15) is 0 Å². The van der Waals surface area contributed by atoms with E-state index in [1.54, 1.807) is 5.57 Å². The van der Waals surface area contributed by atoms with Gasteiger partial charge in [-0.05, 0) is 91.0 Å². The van der Waals surface area contributed by atoms with Gasteiger partial charge in [-0.1, -0.05) is 43.6 Å². The van der Waals surface area contributed by atoms with Crippen molar-refractivity contribution in [3.05, 3.63) is 23.8 Å². The average molecular weight is 438 g/mol. The van der Waals surface area contributed by atoms with Crippen molar-refractivity contribution in [2.45, 2.75) is 96.8 Å². The first-order chi connectivity index (χ1) is 14.0. The molecule has 0 aromatic heterocycles. The summed E-state index contributed by atoms with van der Waals surface area (Å²) >= 11 is 2.06. The van der Waals surface area contributed by atoms with Crippen LogP contribution in [0.4, 0.5) is 0 Å². The number of allylic oxidation sites excluding steroid dienone is 1. The minimum absolute atomic E-state index is 0.227. The van der Waals surface area contributed by atoms with E-state index in [1.165, 1.54) is 12.2 Å². The molecule has 0 radical (unpaired) electrons. The van der Waals surface area contributed by atoms with Gasteiger partial charge in [-0.2, -0.15) is 11.8 Å². The van der Waals surface area contributed by atoms with E-state index in [0.717, 1.165) is 44.4 Å². The Morgan fingerprint density at radius 2 is 1.97 bits per heavy atom. The van der Waals surface area contributed by atoms with Crippen molar-refractivity contribution in [3.8, 4) is 0 Å². The molecule has 0 saturated heterocycles. The molecule has 5 atom stereocenters. The number of rotatable bonds is 12. The smallest absolute Gasteiger partial charge is 0.0654 e. The number of unbranched alkanes of at least 4 members (excludes halogenated alkanes) is 1. The molecule has 1 saturated carbocycles. The molecule has 174 valence electrons. The van der Waals surface area contributed by atoms with Gasteiger partial charge in [0, 0.05) is 17.2 Å². The molecule has 0 aromatic rings. The summed E-state index contributed by atoms with van der Waals surface area (Å²) in [6.45, 7) is 12.1. The van der Waals surface area contributed by atoms with Crippen LogP contribution in [0.5, 0.6) is 0 Å². The fourth-order valence-corrected chi connectivity index (χ4v) is 5.75. The second-order valence-electron chi connectivity index (χ2n) is 11.0. The molecule has 0 amide bonds. The molecule has 0 bridgehead atoms. The van der Waals surface area contributed by atoms with Crippen LogP contribution in [0.25, 0.3) is 0 Å². The second-order valence-corrected chi connectivity index (χ2v) is 12.1. The van der Waals surface area contributed by atoms with Crippen LogP contribution >= 0.6 is 11.8 Å². The van der Waals surface area contributed by atoms with E-state index in [2.05, 4.69) is 69.6 Å². The maximum absolute atomic E-state index is 10.6. The van der Waals surface area contributed by atoms with E-state index in [1.807, 2.05) is 6.92 Å². The Bertz CT molecular complexity index is 578.